The first kappa shape index (κ1) is 15.2. The summed E-state index contributed by atoms with van der Waals surface area (Å²) in [5.74, 6) is 0.173. The van der Waals surface area contributed by atoms with Crippen LogP contribution in [0.5, 0.6) is 5.75 Å². The van der Waals surface area contributed by atoms with Crippen LogP contribution >= 0.6 is 0 Å². The molecule has 0 aromatic heterocycles. The fraction of sp³-hybridized carbons (Fsp3) is 0.500. The number of carbonyl (C=O) groups excluding carboxylic acids is 1. The van der Waals surface area contributed by atoms with E-state index in [9.17, 15) is 14.9 Å². The summed E-state index contributed by atoms with van der Waals surface area (Å²) in [7, 11) is 1.42. The van der Waals surface area contributed by atoms with E-state index in [4.69, 9.17) is 4.74 Å². The second-order valence-corrected chi connectivity index (χ2v) is 5.44. The quantitative estimate of drug-likeness (QED) is 0.653. The minimum absolute atomic E-state index is 0.0737. The molecule has 1 atom stereocenters. The number of nitrogens with zero attached hydrogens (tertiary/aromatic N) is 1. The van der Waals surface area contributed by atoms with E-state index in [2.05, 4.69) is 10.6 Å². The van der Waals surface area contributed by atoms with Crippen LogP contribution in [0, 0.1) is 15.5 Å². The van der Waals surface area contributed by atoms with Crippen molar-refractivity contribution in [2.75, 3.05) is 25.5 Å². The molecule has 1 aliphatic heterocycles. The van der Waals surface area contributed by atoms with Gasteiger partial charge in [0.05, 0.1) is 29.2 Å². The Balaban J connectivity index is 2.18. The minimum atomic E-state index is -0.500. The Bertz CT molecular complexity index is 553. The Labute approximate surface area is 122 Å². The molecule has 0 aliphatic carbocycles. The van der Waals surface area contributed by atoms with E-state index in [-0.39, 0.29) is 17.3 Å². The van der Waals surface area contributed by atoms with Crippen molar-refractivity contribution in [3.8, 4) is 5.75 Å². The molecule has 1 saturated heterocycles. The van der Waals surface area contributed by atoms with E-state index in [1.165, 1.54) is 25.3 Å². The fourth-order valence-electron chi connectivity index (χ4n) is 2.42. The lowest BCUT2D eigenvalue weighted by Gasteiger charge is -2.32. The molecule has 1 aromatic carbocycles. The van der Waals surface area contributed by atoms with Crippen LogP contribution in [-0.4, -0.2) is 31.0 Å². The number of anilines is 1. The van der Waals surface area contributed by atoms with Crippen molar-refractivity contribution in [3.63, 3.8) is 0 Å². The maximum atomic E-state index is 12.4. The highest BCUT2D eigenvalue weighted by Crippen LogP contribution is 2.32. The van der Waals surface area contributed by atoms with E-state index in [1.54, 1.807) is 0 Å². The third-order valence-electron chi connectivity index (χ3n) is 3.79. The van der Waals surface area contributed by atoms with Crippen molar-refractivity contribution in [3.05, 3.63) is 28.3 Å². The molecule has 1 amide bonds. The van der Waals surface area contributed by atoms with Crippen LogP contribution in [-0.2, 0) is 4.79 Å². The van der Waals surface area contributed by atoms with Gasteiger partial charge in [-0.2, -0.15) is 0 Å². The van der Waals surface area contributed by atoms with E-state index in [1.807, 2.05) is 6.92 Å². The van der Waals surface area contributed by atoms with Crippen LogP contribution < -0.4 is 15.4 Å². The number of nitro benzene ring substituents is 1. The smallest absolute Gasteiger partial charge is 0.273 e. The van der Waals surface area contributed by atoms with Gasteiger partial charge in [-0.3, -0.25) is 14.9 Å². The number of hydrogen-bond acceptors (Lipinski definition) is 5. The number of amides is 1. The summed E-state index contributed by atoms with van der Waals surface area (Å²) in [5.41, 5.74) is -0.110. The summed E-state index contributed by atoms with van der Waals surface area (Å²) >= 11 is 0. The monoisotopic (exact) mass is 293 g/mol. The van der Waals surface area contributed by atoms with Crippen molar-refractivity contribution in [1.82, 2.24) is 5.32 Å². The molecule has 7 nitrogen and oxygen atoms in total. The Morgan fingerprint density at radius 2 is 2.29 bits per heavy atom. The maximum absolute atomic E-state index is 12.4. The number of ether oxygens (including phenoxy) is 1. The number of benzene rings is 1. The summed E-state index contributed by atoms with van der Waals surface area (Å²) < 4.78 is 5.12. The summed E-state index contributed by atoms with van der Waals surface area (Å²) in [6.07, 6.45) is 1.75. The third-order valence-corrected chi connectivity index (χ3v) is 3.79. The number of methoxy groups -OCH3 is 1. The lowest BCUT2D eigenvalue weighted by atomic mass is 9.82. The van der Waals surface area contributed by atoms with Gasteiger partial charge >= 0.3 is 0 Å². The standard InChI is InChI=1S/C14H19N3O4/c1-14(6-3-7-15-9-14)13(18)16-11-5-4-10(17(19)20)8-12(11)21-2/h4-5,8,15H,3,6-7,9H2,1-2H3,(H,16,18). The highest BCUT2D eigenvalue weighted by Gasteiger charge is 2.35. The van der Waals surface area contributed by atoms with Gasteiger partial charge in [-0.05, 0) is 32.4 Å². The molecule has 0 bridgehead atoms. The Morgan fingerprint density at radius 3 is 2.86 bits per heavy atom. The average molecular weight is 293 g/mol. The zero-order chi connectivity index (χ0) is 15.5. The normalized spacial score (nSPS) is 21.6. The molecule has 0 spiro atoms. The van der Waals surface area contributed by atoms with Crippen LogP contribution in [0.1, 0.15) is 19.8 Å². The van der Waals surface area contributed by atoms with Crippen LogP contribution in [0.25, 0.3) is 0 Å². The first-order valence-electron chi connectivity index (χ1n) is 6.81. The number of hydrogen-bond donors (Lipinski definition) is 2. The number of rotatable bonds is 4. The number of nitro groups is 1. The van der Waals surface area contributed by atoms with Gasteiger partial charge < -0.3 is 15.4 Å². The SMILES string of the molecule is COc1cc([N+](=O)[O-])ccc1NC(=O)C1(C)CCCNC1. The molecule has 114 valence electrons. The van der Waals surface area contributed by atoms with E-state index in [0.29, 0.717) is 12.2 Å². The predicted molar refractivity (Wildman–Crippen MR) is 78.5 cm³/mol. The van der Waals surface area contributed by atoms with Crippen molar-refractivity contribution in [2.45, 2.75) is 19.8 Å². The lowest BCUT2D eigenvalue weighted by molar-refractivity contribution is -0.384. The summed E-state index contributed by atoms with van der Waals surface area (Å²) in [6.45, 7) is 3.45. The second-order valence-electron chi connectivity index (χ2n) is 5.44. The average Bonchev–Trinajstić information content (AvgIpc) is 2.48. The molecule has 1 unspecified atom stereocenters. The molecule has 0 radical (unpaired) electrons. The maximum Gasteiger partial charge on any atom is 0.273 e. The Kier molecular flexibility index (Phi) is 4.42. The molecular weight excluding hydrogens is 274 g/mol. The van der Waals surface area contributed by atoms with Gasteiger partial charge in [0, 0.05) is 12.6 Å². The van der Waals surface area contributed by atoms with E-state index in [0.717, 1.165) is 19.4 Å². The molecule has 0 saturated carbocycles. The zero-order valence-corrected chi connectivity index (χ0v) is 12.1. The largest absolute Gasteiger partial charge is 0.494 e. The molecule has 1 aliphatic rings. The van der Waals surface area contributed by atoms with Gasteiger partial charge in [-0.15, -0.1) is 0 Å². The number of non-ortho nitro benzene ring substituents is 1. The number of piperidine rings is 1. The van der Waals surface area contributed by atoms with Crippen molar-refractivity contribution >= 4 is 17.3 Å². The Morgan fingerprint density at radius 1 is 1.52 bits per heavy atom. The molecule has 2 N–H and O–H groups in total. The lowest BCUT2D eigenvalue weighted by Crippen LogP contribution is -2.46. The molecule has 21 heavy (non-hydrogen) atoms. The highest BCUT2D eigenvalue weighted by molar-refractivity contribution is 5.96. The topological polar surface area (TPSA) is 93.5 Å². The second kappa shape index (κ2) is 6.09. The minimum Gasteiger partial charge on any atom is -0.494 e. The predicted octanol–water partition coefficient (Wildman–Crippen LogP) is 1.93. The number of nitrogens with one attached hydrogen (secondary N) is 2. The van der Waals surface area contributed by atoms with E-state index < -0.39 is 10.3 Å². The summed E-state index contributed by atoms with van der Waals surface area (Å²) in [5, 5.41) is 16.8. The van der Waals surface area contributed by atoms with Gasteiger partial charge in [-0.1, -0.05) is 0 Å². The van der Waals surface area contributed by atoms with Gasteiger partial charge in [0.25, 0.3) is 5.69 Å². The van der Waals surface area contributed by atoms with Crippen LogP contribution in [0.4, 0.5) is 11.4 Å². The van der Waals surface area contributed by atoms with E-state index >= 15 is 0 Å². The van der Waals surface area contributed by atoms with Crippen LogP contribution in [0.2, 0.25) is 0 Å². The van der Waals surface area contributed by atoms with Gasteiger partial charge in [-0.25, -0.2) is 0 Å². The third kappa shape index (κ3) is 3.30. The first-order valence-corrected chi connectivity index (χ1v) is 6.81. The van der Waals surface area contributed by atoms with Gasteiger partial charge in [0.1, 0.15) is 5.75 Å². The van der Waals surface area contributed by atoms with Gasteiger partial charge in [0.15, 0.2) is 0 Å². The molecule has 7 heteroatoms. The molecule has 1 heterocycles. The molecule has 1 aromatic rings. The van der Waals surface area contributed by atoms with Crippen molar-refractivity contribution in [2.24, 2.45) is 5.41 Å². The number of carbonyl (C=O) groups is 1. The molecular formula is C14H19N3O4. The van der Waals surface area contributed by atoms with Crippen molar-refractivity contribution in [1.29, 1.82) is 0 Å². The zero-order valence-electron chi connectivity index (χ0n) is 12.1. The fourth-order valence-corrected chi connectivity index (χ4v) is 2.42. The molecule has 2 rings (SSSR count). The molecule has 1 fully saturated rings. The first-order chi connectivity index (χ1) is 9.96. The van der Waals surface area contributed by atoms with Gasteiger partial charge in [0.2, 0.25) is 5.91 Å². The Hall–Kier alpha value is -2.15. The summed E-state index contributed by atoms with van der Waals surface area (Å²) in [4.78, 5) is 22.7. The van der Waals surface area contributed by atoms with Crippen LogP contribution in [0.15, 0.2) is 18.2 Å². The highest BCUT2D eigenvalue weighted by atomic mass is 16.6. The van der Waals surface area contributed by atoms with Crippen LogP contribution in [0.3, 0.4) is 0 Å². The van der Waals surface area contributed by atoms with Crippen molar-refractivity contribution < 1.29 is 14.5 Å². The summed E-state index contributed by atoms with van der Waals surface area (Å²) in [6, 6.07) is 4.14.